The van der Waals surface area contributed by atoms with Gasteiger partial charge in [-0.15, -0.1) is 0 Å². The van der Waals surface area contributed by atoms with Crippen LogP contribution in [0.2, 0.25) is 10.0 Å². The van der Waals surface area contributed by atoms with E-state index in [1.807, 2.05) is 6.07 Å². The highest BCUT2D eigenvalue weighted by atomic mass is 35.5. The van der Waals surface area contributed by atoms with Crippen molar-refractivity contribution in [3.8, 4) is 5.75 Å². The van der Waals surface area contributed by atoms with Gasteiger partial charge < -0.3 is 9.64 Å². The Morgan fingerprint density at radius 3 is 2.56 bits per heavy atom. The third-order valence-corrected chi connectivity index (χ3v) is 5.01. The predicted molar refractivity (Wildman–Crippen MR) is 74.7 cm³/mol. The first kappa shape index (κ1) is 12.6. The molecule has 18 heavy (non-hydrogen) atoms. The Hall–Kier alpha value is -0.440. The fourth-order valence-electron chi connectivity index (χ4n) is 3.10. The molecule has 4 heteroatoms. The summed E-state index contributed by atoms with van der Waals surface area (Å²) in [5.41, 5.74) is 0.524. The lowest BCUT2D eigenvalue weighted by Gasteiger charge is -2.24. The molecule has 98 valence electrons. The van der Waals surface area contributed by atoms with Crippen molar-refractivity contribution < 1.29 is 4.74 Å². The van der Waals surface area contributed by atoms with Crippen LogP contribution in [-0.2, 0) is 0 Å². The van der Waals surface area contributed by atoms with Gasteiger partial charge in [0, 0.05) is 12.6 Å². The van der Waals surface area contributed by atoms with E-state index in [-0.39, 0.29) is 0 Å². The molecule has 0 amide bonds. The van der Waals surface area contributed by atoms with Crippen LogP contribution in [0.15, 0.2) is 18.2 Å². The Bertz CT molecular complexity index is 441. The molecule has 0 saturated carbocycles. The van der Waals surface area contributed by atoms with Crippen LogP contribution in [-0.4, -0.2) is 31.1 Å². The molecule has 0 radical (unpaired) electrons. The Morgan fingerprint density at radius 2 is 1.94 bits per heavy atom. The minimum absolute atomic E-state index is 0.524. The lowest BCUT2D eigenvalue weighted by Crippen LogP contribution is -2.22. The molecule has 3 rings (SSSR count). The molecule has 0 aromatic heterocycles. The van der Waals surface area contributed by atoms with Gasteiger partial charge in [0.2, 0.25) is 0 Å². The molecule has 2 saturated heterocycles. The van der Waals surface area contributed by atoms with Crippen molar-refractivity contribution >= 4 is 23.2 Å². The molecule has 0 spiro atoms. The zero-order chi connectivity index (χ0) is 12.6. The summed E-state index contributed by atoms with van der Waals surface area (Å²) in [7, 11) is 0. The second-order valence-corrected chi connectivity index (χ2v) is 6.26. The largest absolute Gasteiger partial charge is 0.494 e. The van der Waals surface area contributed by atoms with Crippen LogP contribution in [0.3, 0.4) is 0 Å². The van der Waals surface area contributed by atoms with Crippen LogP contribution in [0.1, 0.15) is 19.3 Å². The van der Waals surface area contributed by atoms with Crippen LogP contribution < -0.4 is 4.74 Å². The summed E-state index contributed by atoms with van der Waals surface area (Å²) in [6.45, 7) is 4.57. The molecule has 0 N–H and O–H groups in total. The number of rotatable bonds is 4. The lowest BCUT2D eigenvalue weighted by molar-refractivity contribution is 0.215. The summed E-state index contributed by atoms with van der Waals surface area (Å²) in [4.78, 5) is 2.55. The molecule has 0 unspecified atom stereocenters. The maximum Gasteiger partial charge on any atom is 0.120 e. The molecular formula is C14H17Cl2NO. The van der Waals surface area contributed by atoms with Gasteiger partial charge in [0.05, 0.1) is 16.7 Å². The van der Waals surface area contributed by atoms with E-state index in [1.165, 1.54) is 32.5 Å². The van der Waals surface area contributed by atoms with Gasteiger partial charge in [-0.05, 0) is 49.9 Å². The van der Waals surface area contributed by atoms with E-state index < -0.39 is 0 Å². The first-order chi connectivity index (χ1) is 8.67. The summed E-state index contributed by atoms with van der Waals surface area (Å²) in [6.07, 6.45) is 3.80. The Morgan fingerprint density at radius 1 is 1.17 bits per heavy atom. The predicted octanol–water partition coefficient (Wildman–Crippen LogP) is 3.86. The van der Waals surface area contributed by atoms with Crippen molar-refractivity contribution in [1.29, 1.82) is 0 Å². The van der Waals surface area contributed by atoms with Gasteiger partial charge >= 0.3 is 0 Å². The van der Waals surface area contributed by atoms with Crippen molar-refractivity contribution in [2.45, 2.75) is 19.3 Å². The standard InChI is InChI=1S/C14H17Cl2NO/c15-12-2-1-11(9-13(12)16)18-8-5-14-3-6-17(10-14)7-4-14/h1-2,9H,3-8,10H2. The average molecular weight is 286 g/mol. The lowest BCUT2D eigenvalue weighted by atomic mass is 9.82. The van der Waals surface area contributed by atoms with E-state index >= 15 is 0 Å². The summed E-state index contributed by atoms with van der Waals surface area (Å²) in [5.74, 6) is 0.814. The summed E-state index contributed by atoms with van der Waals surface area (Å²) in [6, 6.07) is 5.45. The normalized spacial score (nSPS) is 29.8. The Balaban J connectivity index is 1.54. The molecular weight excluding hydrogens is 269 g/mol. The number of halogens is 2. The number of piperidine rings is 1. The van der Waals surface area contributed by atoms with E-state index in [2.05, 4.69) is 4.90 Å². The van der Waals surface area contributed by atoms with Crippen molar-refractivity contribution in [2.24, 2.45) is 5.41 Å². The molecule has 2 heterocycles. The zero-order valence-corrected chi connectivity index (χ0v) is 11.8. The maximum atomic E-state index is 5.96. The zero-order valence-electron chi connectivity index (χ0n) is 10.3. The van der Waals surface area contributed by atoms with Gasteiger partial charge in [-0.25, -0.2) is 0 Å². The molecule has 1 aromatic rings. The van der Waals surface area contributed by atoms with E-state index in [0.717, 1.165) is 18.8 Å². The van der Waals surface area contributed by atoms with Crippen molar-refractivity contribution in [1.82, 2.24) is 4.90 Å². The van der Waals surface area contributed by atoms with Crippen LogP contribution in [0.4, 0.5) is 0 Å². The van der Waals surface area contributed by atoms with E-state index in [0.29, 0.717) is 15.5 Å². The first-order valence-corrected chi connectivity index (χ1v) is 7.23. The fraction of sp³-hybridized carbons (Fsp3) is 0.571. The second-order valence-electron chi connectivity index (χ2n) is 5.45. The molecule has 2 nitrogen and oxygen atoms in total. The van der Waals surface area contributed by atoms with Crippen molar-refractivity contribution in [3.05, 3.63) is 28.2 Å². The molecule has 1 aromatic carbocycles. The highest BCUT2D eigenvalue weighted by Gasteiger charge is 2.43. The fourth-order valence-corrected chi connectivity index (χ4v) is 3.39. The van der Waals surface area contributed by atoms with Gasteiger partial charge in [0.1, 0.15) is 5.75 Å². The van der Waals surface area contributed by atoms with E-state index in [9.17, 15) is 0 Å². The number of benzene rings is 1. The van der Waals surface area contributed by atoms with Gasteiger partial charge in [0.15, 0.2) is 0 Å². The van der Waals surface area contributed by atoms with Gasteiger partial charge in [-0.3, -0.25) is 0 Å². The monoisotopic (exact) mass is 285 g/mol. The van der Waals surface area contributed by atoms with Gasteiger partial charge in [0.25, 0.3) is 0 Å². The van der Waals surface area contributed by atoms with Crippen LogP contribution in [0.25, 0.3) is 0 Å². The van der Waals surface area contributed by atoms with E-state index in [4.69, 9.17) is 27.9 Å². The molecule has 2 aliphatic rings. The molecule has 2 fully saturated rings. The molecule has 0 atom stereocenters. The van der Waals surface area contributed by atoms with Gasteiger partial charge in [-0.2, -0.15) is 0 Å². The van der Waals surface area contributed by atoms with E-state index in [1.54, 1.807) is 12.1 Å². The van der Waals surface area contributed by atoms with Crippen molar-refractivity contribution in [2.75, 3.05) is 26.2 Å². The Labute approximate surface area is 118 Å². The number of ether oxygens (including phenoxy) is 1. The first-order valence-electron chi connectivity index (χ1n) is 6.47. The Kier molecular flexibility index (Phi) is 3.44. The van der Waals surface area contributed by atoms with Crippen LogP contribution >= 0.6 is 23.2 Å². The van der Waals surface area contributed by atoms with Crippen molar-refractivity contribution in [3.63, 3.8) is 0 Å². The average Bonchev–Trinajstić information content (AvgIpc) is 2.94. The smallest absolute Gasteiger partial charge is 0.120 e. The topological polar surface area (TPSA) is 12.5 Å². The third-order valence-electron chi connectivity index (χ3n) is 4.27. The van der Waals surface area contributed by atoms with Crippen LogP contribution in [0, 0.1) is 5.41 Å². The number of hydrogen-bond donors (Lipinski definition) is 0. The summed E-state index contributed by atoms with van der Waals surface area (Å²) in [5, 5.41) is 1.13. The number of fused-ring (bicyclic) bond motifs is 2. The minimum Gasteiger partial charge on any atom is -0.494 e. The highest BCUT2D eigenvalue weighted by molar-refractivity contribution is 6.42. The quantitative estimate of drug-likeness (QED) is 0.833. The molecule has 0 aliphatic carbocycles. The SMILES string of the molecule is Clc1ccc(OCCC23CCN(CC2)C3)cc1Cl. The summed E-state index contributed by atoms with van der Waals surface area (Å²) < 4.78 is 5.79. The summed E-state index contributed by atoms with van der Waals surface area (Å²) >= 11 is 11.8. The molecule has 2 bridgehead atoms. The molecule has 2 aliphatic heterocycles. The van der Waals surface area contributed by atoms with Crippen LogP contribution in [0.5, 0.6) is 5.75 Å². The highest BCUT2D eigenvalue weighted by Crippen LogP contribution is 2.43. The second kappa shape index (κ2) is 4.92. The maximum absolute atomic E-state index is 5.96. The third kappa shape index (κ3) is 2.47. The number of hydrogen-bond acceptors (Lipinski definition) is 2. The van der Waals surface area contributed by atoms with Gasteiger partial charge in [-0.1, -0.05) is 23.2 Å². The minimum atomic E-state index is 0.524. The number of nitrogens with zero attached hydrogens (tertiary/aromatic N) is 1.